The molecule has 152 valence electrons. The highest BCUT2D eigenvalue weighted by Gasteiger charge is 2.29. The number of benzene rings is 1. The molecular formula is C21H24N4O3S. The van der Waals surface area contributed by atoms with Crippen LogP contribution in [0.25, 0.3) is 10.9 Å². The van der Waals surface area contributed by atoms with Crippen LogP contribution in [0.2, 0.25) is 0 Å². The Morgan fingerprint density at radius 1 is 1.21 bits per heavy atom. The number of piperidine rings is 1. The van der Waals surface area contributed by atoms with Gasteiger partial charge in [0, 0.05) is 23.7 Å². The molecule has 29 heavy (non-hydrogen) atoms. The third-order valence-electron chi connectivity index (χ3n) is 5.20. The number of ether oxygens (including phenoxy) is 1. The molecule has 0 spiro atoms. The smallest absolute Gasteiger partial charge is 0.277 e. The van der Waals surface area contributed by atoms with E-state index in [2.05, 4.69) is 29.0 Å². The second-order valence-corrected chi connectivity index (χ2v) is 8.23. The van der Waals surface area contributed by atoms with E-state index in [0.29, 0.717) is 22.6 Å². The largest absolute Gasteiger partial charge is 0.482 e. The van der Waals surface area contributed by atoms with Gasteiger partial charge in [0.25, 0.3) is 11.1 Å². The van der Waals surface area contributed by atoms with Crippen molar-refractivity contribution >= 4 is 28.6 Å². The van der Waals surface area contributed by atoms with Gasteiger partial charge in [0.1, 0.15) is 11.3 Å². The number of rotatable bonds is 6. The molecule has 1 saturated heterocycles. The van der Waals surface area contributed by atoms with Gasteiger partial charge in [0.15, 0.2) is 6.61 Å². The van der Waals surface area contributed by atoms with E-state index in [0.717, 1.165) is 23.7 Å². The molecule has 3 heterocycles. The van der Waals surface area contributed by atoms with Crippen molar-refractivity contribution in [3.8, 4) is 5.75 Å². The molecule has 1 aliphatic rings. The van der Waals surface area contributed by atoms with Crippen LogP contribution in [-0.4, -0.2) is 43.8 Å². The van der Waals surface area contributed by atoms with Crippen LogP contribution >= 0.6 is 11.8 Å². The summed E-state index contributed by atoms with van der Waals surface area (Å²) in [5.74, 6) is 1.45. The molecule has 1 aliphatic heterocycles. The lowest BCUT2D eigenvalue weighted by Crippen LogP contribution is -2.48. The van der Waals surface area contributed by atoms with Crippen LogP contribution in [0, 0.1) is 0 Å². The highest BCUT2D eigenvalue weighted by atomic mass is 32.2. The third-order valence-corrected chi connectivity index (χ3v) is 6.00. The van der Waals surface area contributed by atoms with Gasteiger partial charge in [0.05, 0.1) is 5.75 Å². The minimum absolute atomic E-state index is 0.118. The molecule has 3 aromatic rings. The average molecular weight is 413 g/mol. The molecule has 1 amide bonds. The highest BCUT2D eigenvalue weighted by Crippen LogP contribution is 2.26. The van der Waals surface area contributed by atoms with E-state index < -0.39 is 0 Å². The maximum absolute atomic E-state index is 12.6. The maximum Gasteiger partial charge on any atom is 0.277 e. The quantitative estimate of drug-likeness (QED) is 0.564. The predicted octanol–water partition coefficient (Wildman–Crippen LogP) is 4.08. The van der Waals surface area contributed by atoms with Gasteiger partial charge in [-0.3, -0.25) is 9.78 Å². The van der Waals surface area contributed by atoms with Crippen molar-refractivity contribution in [3.63, 3.8) is 0 Å². The molecule has 0 bridgehead atoms. The van der Waals surface area contributed by atoms with Crippen molar-refractivity contribution in [3.05, 3.63) is 42.4 Å². The molecule has 2 atom stereocenters. The third kappa shape index (κ3) is 4.53. The van der Waals surface area contributed by atoms with Crippen molar-refractivity contribution < 1.29 is 13.9 Å². The first-order valence-electron chi connectivity index (χ1n) is 9.84. The lowest BCUT2D eigenvalue weighted by atomic mass is 9.98. The van der Waals surface area contributed by atoms with Crippen LogP contribution in [0.1, 0.15) is 39.0 Å². The molecule has 2 aromatic heterocycles. The van der Waals surface area contributed by atoms with E-state index in [4.69, 9.17) is 9.15 Å². The van der Waals surface area contributed by atoms with Crippen molar-refractivity contribution in [1.29, 1.82) is 0 Å². The maximum atomic E-state index is 12.6. The van der Waals surface area contributed by atoms with E-state index in [-0.39, 0.29) is 24.6 Å². The van der Waals surface area contributed by atoms with Gasteiger partial charge in [-0.15, -0.1) is 10.2 Å². The molecule has 0 radical (unpaired) electrons. The van der Waals surface area contributed by atoms with Crippen LogP contribution in [0.5, 0.6) is 5.75 Å². The number of thioether (sulfide) groups is 1. The number of likely N-dealkylation sites (tertiary alicyclic amines) is 1. The summed E-state index contributed by atoms with van der Waals surface area (Å²) in [5, 5.41) is 9.44. The number of hydrogen-bond donors (Lipinski definition) is 0. The van der Waals surface area contributed by atoms with Gasteiger partial charge in [0.2, 0.25) is 5.91 Å². The monoisotopic (exact) mass is 412 g/mol. The van der Waals surface area contributed by atoms with Crippen LogP contribution in [0.15, 0.2) is 46.2 Å². The summed E-state index contributed by atoms with van der Waals surface area (Å²) in [5.41, 5.74) is 0.791. The van der Waals surface area contributed by atoms with Gasteiger partial charge < -0.3 is 14.1 Å². The first-order valence-corrected chi connectivity index (χ1v) is 10.8. The molecule has 4 rings (SSSR count). The van der Waals surface area contributed by atoms with Crippen LogP contribution < -0.4 is 4.74 Å². The Hall–Kier alpha value is -2.61. The Kier molecular flexibility index (Phi) is 5.99. The first kappa shape index (κ1) is 19.7. The Morgan fingerprint density at radius 2 is 2.00 bits per heavy atom. The number of nitrogens with zero attached hydrogens (tertiary/aromatic N) is 4. The number of carbonyl (C=O) groups is 1. The zero-order chi connectivity index (χ0) is 20.2. The Bertz CT molecular complexity index is 977. The molecule has 0 unspecified atom stereocenters. The van der Waals surface area contributed by atoms with Crippen molar-refractivity contribution in [2.75, 3.05) is 5.75 Å². The van der Waals surface area contributed by atoms with E-state index in [1.807, 2.05) is 35.2 Å². The second-order valence-electron chi connectivity index (χ2n) is 7.30. The van der Waals surface area contributed by atoms with Crippen molar-refractivity contribution in [2.45, 2.75) is 57.0 Å². The second kappa shape index (κ2) is 8.82. The fraction of sp³-hybridized carbons (Fsp3) is 0.429. The molecule has 1 fully saturated rings. The predicted molar refractivity (Wildman–Crippen MR) is 111 cm³/mol. The molecule has 1 aromatic carbocycles. The zero-order valence-corrected chi connectivity index (χ0v) is 17.4. The standard InChI is InChI=1S/C21H24N4O3S/c1-14-6-3-7-15(2)25(14)19(26)13-29-21-24-23-18(28-21)12-27-17-10-4-8-16-9-5-11-22-20(16)17/h4-5,8-11,14-15H,3,6-7,12-13H2,1-2H3/t14-,15-/m0/s1. The fourth-order valence-electron chi connectivity index (χ4n) is 3.80. The lowest BCUT2D eigenvalue weighted by Gasteiger charge is -2.39. The summed E-state index contributed by atoms with van der Waals surface area (Å²) >= 11 is 1.27. The summed E-state index contributed by atoms with van der Waals surface area (Å²) in [6.45, 7) is 4.38. The minimum Gasteiger partial charge on any atom is -0.482 e. The van der Waals surface area contributed by atoms with E-state index >= 15 is 0 Å². The Morgan fingerprint density at radius 3 is 2.83 bits per heavy atom. The number of pyridine rings is 1. The summed E-state index contributed by atoms with van der Waals surface area (Å²) in [6.07, 6.45) is 5.04. The Balaban J connectivity index is 1.33. The van der Waals surface area contributed by atoms with Gasteiger partial charge in [-0.25, -0.2) is 0 Å². The van der Waals surface area contributed by atoms with Gasteiger partial charge in [-0.05, 0) is 45.2 Å². The minimum atomic E-state index is 0.118. The van der Waals surface area contributed by atoms with Crippen LogP contribution in [0.3, 0.4) is 0 Å². The molecule has 7 nitrogen and oxygen atoms in total. The highest BCUT2D eigenvalue weighted by molar-refractivity contribution is 7.99. The van der Waals surface area contributed by atoms with E-state index in [9.17, 15) is 4.79 Å². The SMILES string of the molecule is C[C@H]1CCC[C@H](C)N1C(=O)CSc1nnc(COc2cccc3cccnc23)o1. The van der Waals surface area contributed by atoms with Crippen molar-refractivity contribution in [1.82, 2.24) is 20.1 Å². The zero-order valence-electron chi connectivity index (χ0n) is 16.6. The average Bonchev–Trinajstić information content (AvgIpc) is 3.18. The molecule has 8 heteroatoms. The number of fused-ring (bicyclic) bond motifs is 1. The number of hydrogen-bond acceptors (Lipinski definition) is 7. The van der Waals surface area contributed by atoms with Crippen LogP contribution in [0.4, 0.5) is 0 Å². The topological polar surface area (TPSA) is 81.4 Å². The molecular weight excluding hydrogens is 388 g/mol. The summed E-state index contributed by atoms with van der Waals surface area (Å²) < 4.78 is 11.5. The number of para-hydroxylation sites is 1. The normalized spacial score (nSPS) is 19.4. The van der Waals surface area contributed by atoms with Gasteiger partial charge in [-0.1, -0.05) is 30.0 Å². The lowest BCUT2D eigenvalue weighted by molar-refractivity contribution is -0.134. The number of carbonyl (C=O) groups excluding carboxylic acids is 1. The van der Waals surface area contributed by atoms with E-state index in [1.54, 1.807) is 6.20 Å². The number of amides is 1. The molecule has 0 saturated carbocycles. The summed E-state index contributed by atoms with van der Waals surface area (Å²) in [4.78, 5) is 19.0. The Labute approximate surface area is 173 Å². The number of aromatic nitrogens is 3. The van der Waals surface area contributed by atoms with Gasteiger partial charge >= 0.3 is 0 Å². The fourth-order valence-corrected chi connectivity index (χ4v) is 4.45. The first-order chi connectivity index (χ1) is 14.1. The van der Waals surface area contributed by atoms with Crippen molar-refractivity contribution in [2.24, 2.45) is 0 Å². The summed E-state index contributed by atoms with van der Waals surface area (Å²) in [7, 11) is 0. The molecule has 0 aliphatic carbocycles. The summed E-state index contributed by atoms with van der Waals surface area (Å²) in [6, 6.07) is 10.2. The van der Waals surface area contributed by atoms with E-state index in [1.165, 1.54) is 18.2 Å². The van der Waals surface area contributed by atoms with Gasteiger partial charge in [-0.2, -0.15) is 0 Å². The molecule has 0 N–H and O–H groups in total. The van der Waals surface area contributed by atoms with Crippen LogP contribution in [-0.2, 0) is 11.4 Å².